The Morgan fingerprint density at radius 2 is 1.92 bits per heavy atom. The number of sulfonamides is 2. The molecule has 38 heavy (non-hydrogen) atoms. The number of hydrogen-bond donors (Lipinski definition) is 3. The molecule has 2 saturated heterocycles. The molecule has 0 amide bonds. The quantitative estimate of drug-likeness (QED) is 0.380. The molecule has 0 aliphatic carbocycles. The molecule has 1 spiro atoms. The van der Waals surface area contributed by atoms with E-state index in [-0.39, 0.29) is 34.5 Å². The number of rotatable bonds is 10. The van der Waals surface area contributed by atoms with Crippen molar-refractivity contribution in [1.82, 2.24) is 14.3 Å². The van der Waals surface area contributed by atoms with Crippen molar-refractivity contribution < 1.29 is 31.4 Å². The molecule has 2 unspecified atom stereocenters. The highest BCUT2D eigenvalue weighted by molar-refractivity contribution is 7.89. The molecule has 4 rings (SSSR count). The third-order valence-electron chi connectivity index (χ3n) is 6.94. The van der Waals surface area contributed by atoms with Gasteiger partial charge in [-0.3, -0.25) is 0 Å². The zero-order valence-electron chi connectivity index (χ0n) is 21.0. The second-order valence-electron chi connectivity index (χ2n) is 9.46. The van der Waals surface area contributed by atoms with Crippen molar-refractivity contribution in [2.45, 2.75) is 46.8 Å². The standard InChI is InChI=1S/C25H32N4O7S2/c1-27-37(31,32)23-7-4-6-22(13-23)35-18-21(30)16-28-20-14-25(36-17-20)9-11-29(12-10-25)38(33,34)24-8-3-2-5-19(24)15-26/h2-8,13,20-21,27-28,30H,9-12,14,16-18H2,1H3. The van der Waals surface area contributed by atoms with Crippen molar-refractivity contribution in [3.63, 3.8) is 0 Å². The number of nitrogens with one attached hydrogen (secondary N) is 2. The van der Waals surface area contributed by atoms with E-state index in [4.69, 9.17) is 9.47 Å². The van der Waals surface area contributed by atoms with Gasteiger partial charge in [0, 0.05) is 31.7 Å². The summed E-state index contributed by atoms with van der Waals surface area (Å²) >= 11 is 0. The number of piperidine rings is 1. The van der Waals surface area contributed by atoms with Crippen LogP contribution in [0.2, 0.25) is 0 Å². The predicted octanol–water partition coefficient (Wildman–Crippen LogP) is 0.808. The van der Waals surface area contributed by atoms with Crippen LogP contribution in [0.15, 0.2) is 58.3 Å². The van der Waals surface area contributed by atoms with Gasteiger partial charge >= 0.3 is 0 Å². The molecule has 0 saturated carbocycles. The molecule has 2 atom stereocenters. The molecule has 0 aromatic heterocycles. The van der Waals surface area contributed by atoms with Crippen molar-refractivity contribution in [2.75, 3.05) is 39.9 Å². The SMILES string of the molecule is CNS(=O)(=O)c1cccc(OCC(O)CNC2COC3(CCN(S(=O)(=O)c4ccccc4C#N)CC3)C2)c1. The van der Waals surface area contributed by atoms with Gasteiger partial charge in [0.2, 0.25) is 20.0 Å². The minimum Gasteiger partial charge on any atom is -0.491 e. The van der Waals surface area contributed by atoms with Crippen LogP contribution < -0.4 is 14.8 Å². The van der Waals surface area contributed by atoms with Gasteiger partial charge in [-0.2, -0.15) is 9.57 Å². The van der Waals surface area contributed by atoms with Crippen LogP contribution in [0.4, 0.5) is 0 Å². The average molecular weight is 565 g/mol. The maximum Gasteiger partial charge on any atom is 0.244 e. The molecular weight excluding hydrogens is 532 g/mol. The van der Waals surface area contributed by atoms with Gasteiger partial charge in [0.1, 0.15) is 24.5 Å². The Labute approximate surface area is 223 Å². The molecule has 13 heteroatoms. The predicted molar refractivity (Wildman–Crippen MR) is 138 cm³/mol. The summed E-state index contributed by atoms with van der Waals surface area (Å²) in [5.41, 5.74) is -0.300. The number of nitrogens with zero attached hydrogens (tertiary/aromatic N) is 2. The average Bonchev–Trinajstić information content (AvgIpc) is 3.33. The van der Waals surface area contributed by atoms with E-state index in [0.717, 1.165) is 0 Å². The third kappa shape index (κ3) is 6.35. The number of aliphatic hydroxyl groups excluding tert-OH is 1. The fraction of sp³-hybridized carbons (Fsp3) is 0.480. The lowest BCUT2D eigenvalue weighted by molar-refractivity contribution is -0.0312. The lowest BCUT2D eigenvalue weighted by Gasteiger charge is -2.38. The Morgan fingerprint density at radius 3 is 2.63 bits per heavy atom. The molecular formula is C25H32N4O7S2. The monoisotopic (exact) mass is 564 g/mol. The van der Waals surface area contributed by atoms with E-state index in [1.54, 1.807) is 24.3 Å². The lowest BCUT2D eigenvalue weighted by atomic mass is 9.88. The van der Waals surface area contributed by atoms with Crippen LogP contribution in [-0.2, 0) is 24.8 Å². The summed E-state index contributed by atoms with van der Waals surface area (Å²) in [7, 11) is -6.03. The maximum atomic E-state index is 13.1. The van der Waals surface area contributed by atoms with Gasteiger partial charge in [-0.05, 0) is 50.6 Å². The summed E-state index contributed by atoms with van der Waals surface area (Å²) < 4.78 is 65.5. The minimum atomic E-state index is -3.77. The molecule has 0 radical (unpaired) electrons. The summed E-state index contributed by atoms with van der Waals surface area (Å²) in [5.74, 6) is 0.336. The first kappa shape index (κ1) is 28.4. The van der Waals surface area contributed by atoms with Crippen LogP contribution >= 0.6 is 0 Å². The smallest absolute Gasteiger partial charge is 0.244 e. The van der Waals surface area contributed by atoms with E-state index in [2.05, 4.69) is 10.0 Å². The summed E-state index contributed by atoms with van der Waals surface area (Å²) in [4.78, 5) is 0.101. The van der Waals surface area contributed by atoms with Gasteiger partial charge in [-0.1, -0.05) is 18.2 Å². The van der Waals surface area contributed by atoms with Crippen molar-refractivity contribution in [2.24, 2.45) is 0 Å². The van der Waals surface area contributed by atoms with Crippen molar-refractivity contribution in [3.8, 4) is 11.8 Å². The van der Waals surface area contributed by atoms with E-state index in [1.165, 1.54) is 35.6 Å². The summed E-state index contributed by atoms with van der Waals surface area (Å²) in [5, 5.41) is 23.0. The topological polar surface area (TPSA) is 158 Å². The number of aliphatic hydroxyl groups is 1. The van der Waals surface area contributed by atoms with Gasteiger partial charge in [-0.25, -0.2) is 21.6 Å². The highest BCUT2D eigenvalue weighted by Gasteiger charge is 2.45. The molecule has 2 aliphatic heterocycles. The van der Waals surface area contributed by atoms with Crippen LogP contribution in [0.3, 0.4) is 0 Å². The van der Waals surface area contributed by atoms with Gasteiger partial charge in [-0.15, -0.1) is 0 Å². The highest BCUT2D eigenvalue weighted by Crippen LogP contribution is 2.37. The van der Waals surface area contributed by atoms with Crippen LogP contribution in [0.5, 0.6) is 5.75 Å². The lowest BCUT2D eigenvalue weighted by Crippen LogP contribution is -2.47. The number of nitriles is 1. The Kier molecular flexibility index (Phi) is 8.73. The Hall–Kier alpha value is -2.57. The second kappa shape index (κ2) is 11.7. The first-order valence-electron chi connectivity index (χ1n) is 12.3. The van der Waals surface area contributed by atoms with E-state index >= 15 is 0 Å². The number of ether oxygens (including phenoxy) is 2. The van der Waals surface area contributed by atoms with Crippen LogP contribution in [0.25, 0.3) is 0 Å². The summed E-state index contributed by atoms with van der Waals surface area (Å²) in [6.07, 6.45) is 0.934. The van der Waals surface area contributed by atoms with Crippen molar-refractivity contribution >= 4 is 20.0 Å². The number of benzene rings is 2. The fourth-order valence-electron chi connectivity index (χ4n) is 4.78. The second-order valence-corrected chi connectivity index (χ2v) is 13.3. The van der Waals surface area contributed by atoms with Crippen LogP contribution in [-0.4, -0.2) is 83.9 Å². The molecule has 206 valence electrons. The van der Waals surface area contributed by atoms with E-state index in [1.807, 2.05) is 6.07 Å². The Balaban J connectivity index is 1.24. The maximum absolute atomic E-state index is 13.1. The fourth-order valence-corrected chi connectivity index (χ4v) is 7.13. The van der Waals surface area contributed by atoms with E-state index in [9.17, 15) is 27.2 Å². The summed E-state index contributed by atoms with van der Waals surface area (Å²) in [6, 6.07) is 14.2. The van der Waals surface area contributed by atoms with Crippen LogP contribution in [0, 0.1) is 11.3 Å². The normalized spacial score (nSPS) is 20.7. The molecule has 2 aliphatic rings. The van der Waals surface area contributed by atoms with Gasteiger partial charge in [0.25, 0.3) is 0 Å². The third-order valence-corrected chi connectivity index (χ3v) is 10.3. The van der Waals surface area contributed by atoms with E-state index < -0.39 is 31.8 Å². The van der Waals surface area contributed by atoms with Gasteiger partial charge < -0.3 is 19.9 Å². The first-order chi connectivity index (χ1) is 18.1. The van der Waals surface area contributed by atoms with Crippen LogP contribution in [0.1, 0.15) is 24.8 Å². The van der Waals surface area contributed by atoms with Gasteiger partial charge in [0.05, 0.1) is 27.6 Å². The van der Waals surface area contributed by atoms with Crippen molar-refractivity contribution in [1.29, 1.82) is 5.26 Å². The zero-order valence-corrected chi connectivity index (χ0v) is 22.7. The summed E-state index contributed by atoms with van der Waals surface area (Å²) in [6.45, 7) is 1.28. The zero-order chi connectivity index (χ0) is 27.4. The molecule has 2 fully saturated rings. The largest absolute Gasteiger partial charge is 0.491 e. The first-order valence-corrected chi connectivity index (χ1v) is 15.2. The number of hydrogen-bond acceptors (Lipinski definition) is 9. The molecule has 2 aromatic carbocycles. The molecule has 3 N–H and O–H groups in total. The van der Waals surface area contributed by atoms with Gasteiger partial charge in [0.15, 0.2) is 0 Å². The Morgan fingerprint density at radius 1 is 1.18 bits per heavy atom. The highest BCUT2D eigenvalue weighted by atomic mass is 32.2. The molecule has 2 aromatic rings. The molecule has 0 bridgehead atoms. The molecule has 11 nitrogen and oxygen atoms in total. The van der Waals surface area contributed by atoms with Crippen molar-refractivity contribution in [3.05, 3.63) is 54.1 Å². The molecule has 2 heterocycles. The van der Waals surface area contributed by atoms with E-state index in [0.29, 0.717) is 44.7 Å². The minimum absolute atomic E-state index is 0.00350. The Bertz CT molecular complexity index is 1380.